The molecule has 1 amide bonds. The van der Waals surface area contributed by atoms with E-state index in [-0.39, 0.29) is 30.4 Å². The SMILES string of the molecule is COC(=O)c1c(NC(=O)CN2CCN(S(=O)(=O)c3ccc4c(c3)OCCO4)CC2)sc2c1CC[C@@H](C)C2. The van der Waals surface area contributed by atoms with Crippen molar-refractivity contribution in [1.82, 2.24) is 9.21 Å². The largest absolute Gasteiger partial charge is 0.486 e. The van der Waals surface area contributed by atoms with Crippen LogP contribution in [0.15, 0.2) is 23.1 Å². The predicted octanol–water partition coefficient (Wildman–Crippen LogP) is 2.38. The summed E-state index contributed by atoms with van der Waals surface area (Å²) >= 11 is 1.45. The first kappa shape index (κ1) is 26.0. The van der Waals surface area contributed by atoms with Gasteiger partial charge in [-0.25, -0.2) is 13.2 Å². The van der Waals surface area contributed by atoms with E-state index in [2.05, 4.69) is 12.2 Å². The summed E-state index contributed by atoms with van der Waals surface area (Å²) in [6.45, 7) is 4.48. The number of amides is 1. The van der Waals surface area contributed by atoms with Crippen LogP contribution in [0.2, 0.25) is 0 Å². The Balaban J connectivity index is 1.20. The molecule has 2 aromatic rings. The van der Waals surface area contributed by atoms with Crippen LogP contribution in [0.25, 0.3) is 0 Å². The van der Waals surface area contributed by atoms with Gasteiger partial charge in [-0.15, -0.1) is 11.3 Å². The molecule has 10 nitrogen and oxygen atoms in total. The van der Waals surface area contributed by atoms with Gasteiger partial charge in [-0.05, 0) is 42.9 Å². The highest BCUT2D eigenvalue weighted by Gasteiger charge is 2.32. The van der Waals surface area contributed by atoms with Crippen molar-refractivity contribution in [1.29, 1.82) is 0 Å². The molecule has 2 aliphatic heterocycles. The van der Waals surface area contributed by atoms with E-state index in [9.17, 15) is 18.0 Å². The van der Waals surface area contributed by atoms with Gasteiger partial charge in [0.1, 0.15) is 18.2 Å². The van der Waals surface area contributed by atoms with Gasteiger partial charge in [0.15, 0.2) is 11.5 Å². The molecule has 0 radical (unpaired) electrons. The Hall–Kier alpha value is -2.67. The molecular formula is C25H31N3O7S2. The number of benzene rings is 1. The summed E-state index contributed by atoms with van der Waals surface area (Å²) in [6.07, 6.45) is 2.69. The van der Waals surface area contributed by atoms with E-state index in [1.807, 2.05) is 4.90 Å². The Morgan fingerprint density at radius 1 is 1.14 bits per heavy atom. The second kappa shape index (κ2) is 10.6. The summed E-state index contributed by atoms with van der Waals surface area (Å²) in [5.74, 6) is 0.839. The number of esters is 1. The number of fused-ring (bicyclic) bond motifs is 2. The predicted molar refractivity (Wildman–Crippen MR) is 138 cm³/mol. The van der Waals surface area contributed by atoms with Crippen LogP contribution in [-0.2, 0) is 32.4 Å². The number of ether oxygens (including phenoxy) is 3. The summed E-state index contributed by atoms with van der Waals surface area (Å²) < 4.78 is 43.8. The van der Waals surface area contributed by atoms with Gasteiger partial charge in [0.05, 0.1) is 24.1 Å². The van der Waals surface area contributed by atoms with Crippen molar-refractivity contribution < 1.29 is 32.2 Å². The number of nitrogens with zero attached hydrogens (tertiary/aromatic N) is 2. The molecule has 0 saturated carbocycles. The van der Waals surface area contributed by atoms with Crippen molar-refractivity contribution in [3.63, 3.8) is 0 Å². The fraction of sp³-hybridized carbons (Fsp3) is 0.520. The number of anilines is 1. The van der Waals surface area contributed by atoms with Crippen LogP contribution >= 0.6 is 11.3 Å². The van der Waals surface area contributed by atoms with Gasteiger partial charge in [-0.3, -0.25) is 9.69 Å². The van der Waals surface area contributed by atoms with Gasteiger partial charge in [0, 0.05) is 37.1 Å². The van der Waals surface area contributed by atoms with Crippen LogP contribution in [0.1, 0.15) is 34.1 Å². The molecule has 1 aromatic heterocycles. The van der Waals surface area contributed by atoms with Crippen LogP contribution in [0, 0.1) is 5.92 Å². The maximum absolute atomic E-state index is 13.2. The van der Waals surface area contributed by atoms with Crippen molar-refractivity contribution in [3.05, 3.63) is 34.2 Å². The highest BCUT2D eigenvalue weighted by molar-refractivity contribution is 7.89. The lowest BCUT2D eigenvalue weighted by atomic mass is 9.88. The summed E-state index contributed by atoms with van der Waals surface area (Å²) in [7, 11) is -2.35. The Morgan fingerprint density at radius 3 is 2.59 bits per heavy atom. The standard InChI is InChI=1S/C25H31N3O7S2/c1-16-3-5-18-21(13-16)36-24(23(18)25(30)33-2)26-22(29)15-27-7-9-28(10-8-27)37(31,32)17-4-6-19-20(14-17)35-12-11-34-19/h4,6,14,16H,3,5,7-13,15H2,1-2H3,(H,26,29)/t16-/m1/s1. The molecule has 5 rings (SSSR count). The van der Waals surface area contributed by atoms with E-state index in [0.717, 1.165) is 29.7 Å². The zero-order valence-electron chi connectivity index (χ0n) is 20.9. The molecule has 1 atom stereocenters. The van der Waals surface area contributed by atoms with Gasteiger partial charge in [-0.2, -0.15) is 4.31 Å². The Bertz CT molecular complexity index is 1300. The van der Waals surface area contributed by atoms with Gasteiger partial charge < -0.3 is 19.5 Å². The van der Waals surface area contributed by atoms with Gasteiger partial charge in [-0.1, -0.05) is 6.92 Å². The van der Waals surface area contributed by atoms with E-state index in [1.165, 1.54) is 34.9 Å². The van der Waals surface area contributed by atoms with Crippen molar-refractivity contribution in [2.75, 3.05) is 58.4 Å². The molecular weight excluding hydrogens is 518 g/mol. The van der Waals surface area contributed by atoms with E-state index in [1.54, 1.807) is 6.07 Å². The zero-order chi connectivity index (χ0) is 26.2. The summed E-state index contributed by atoms with van der Waals surface area (Å²) in [5, 5.41) is 3.46. The Labute approximate surface area is 220 Å². The maximum atomic E-state index is 13.2. The van der Waals surface area contributed by atoms with Gasteiger partial charge >= 0.3 is 5.97 Å². The minimum absolute atomic E-state index is 0.109. The number of carbonyl (C=O) groups is 2. The molecule has 1 aromatic carbocycles. The Morgan fingerprint density at radius 2 is 1.86 bits per heavy atom. The van der Waals surface area contributed by atoms with Crippen LogP contribution in [-0.4, -0.2) is 82.5 Å². The van der Waals surface area contributed by atoms with Crippen LogP contribution < -0.4 is 14.8 Å². The van der Waals surface area contributed by atoms with E-state index < -0.39 is 16.0 Å². The van der Waals surface area contributed by atoms with Gasteiger partial charge in [0.25, 0.3) is 0 Å². The number of methoxy groups -OCH3 is 1. The molecule has 3 aliphatic rings. The van der Waals surface area contributed by atoms with Crippen molar-refractivity contribution >= 4 is 38.2 Å². The smallest absolute Gasteiger partial charge is 0.341 e. The minimum Gasteiger partial charge on any atom is -0.486 e. The summed E-state index contributed by atoms with van der Waals surface area (Å²) in [4.78, 5) is 28.6. The number of piperazine rings is 1. The monoisotopic (exact) mass is 549 g/mol. The molecule has 0 unspecified atom stereocenters. The molecule has 0 spiro atoms. The van der Waals surface area contributed by atoms with E-state index in [0.29, 0.717) is 54.3 Å². The number of rotatable bonds is 6. The zero-order valence-corrected chi connectivity index (χ0v) is 22.6. The van der Waals surface area contributed by atoms with Crippen molar-refractivity contribution in [2.24, 2.45) is 5.92 Å². The van der Waals surface area contributed by atoms with E-state index in [4.69, 9.17) is 14.2 Å². The number of hydrogen-bond acceptors (Lipinski definition) is 9. The minimum atomic E-state index is -3.70. The molecule has 200 valence electrons. The average molecular weight is 550 g/mol. The highest BCUT2D eigenvalue weighted by atomic mass is 32.2. The molecule has 12 heteroatoms. The first-order valence-corrected chi connectivity index (χ1v) is 14.7. The highest BCUT2D eigenvalue weighted by Crippen LogP contribution is 2.40. The second-order valence-electron chi connectivity index (χ2n) is 9.58. The summed E-state index contributed by atoms with van der Waals surface area (Å²) in [6, 6.07) is 4.65. The number of thiophene rings is 1. The quantitative estimate of drug-likeness (QED) is 0.547. The third-order valence-corrected chi connectivity index (χ3v) is 10.1. The van der Waals surface area contributed by atoms with Crippen LogP contribution in [0.5, 0.6) is 11.5 Å². The fourth-order valence-electron chi connectivity index (χ4n) is 4.99. The number of carbonyl (C=O) groups excluding carboxylic acids is 2. The molecule has 0 bridgehead atoms. The number of sulfonamides is 1. The van der Waals surface area contributed by atoms with Gasteiger partial charge in [0.2, 0.25) is 15.9 Å². The van der Waals surface area contributed by atoms with Crippen LogP contribution in [0.4, 0.5) is 5.00 Å². The number of hydrogen-bond donors (Lipinski definition) is 1. The normalized spacial score (nSPS) is 20.2. The first-order valence-electron chi connectivity index (χ1n) is 12.4. The molecule has 1 saturated heterocycles. The Kier molecular flexibility index (Phi) is 7.44. The molecule has 3 heterocycles. The molecule has 1 aliphatic carbocycles. The molecule has 1 N–H and O–H groups in total. The topological polar surface area (TPSA) is 114 Å². The second-order valence-corrected chi connectivity index (χ2v) is 12.6. The lowest BCUT2D eigenvalue weighted by molar-refractivity contribution is -0.117. The van der Waals surface area contributed by atoms with Crippen LogP contribution in [0.3, 0.4) is 0 Å². The van der Waals surface area contributed by atoms with Crippen molar-refractivity contribution in [3.8, 4) is 11.5 Å². The average Bonchev–Trinajstić information content (AvgIpc) is 3.24. The lowest BCUT2D eigenvalue weighted by Gasteiger charge is -2.33. The van der Waals surface area contributed by atoms with E-state index >= 15 is 0 Å². The fourth-order valence-corrected chi connectivity index (χ4v) is 7.84. The molecule has 1 fully saturated rings. The maximum Gasteiger partial charge on any atom is 0.341 e. The lowest BCUT2D eigenvalue weighted by Crippen LogP contribution is -2.50. The third kappa shape index (κ3) is 5.33. The molecule has 37 heavy (non-hydrogen) atoms. The van der Waals surface area contributed by atoms with Crippen molar-refractivity contribution in [2.45, 2.75) is 31.1 Å². The summed E-state index contributed by atoms with van der Waals surface area (Å²) in [5.41, 5.74) is 1.46. The number of nitrogens with one attached hydrogen (secondary N) is 1. The first-order chi connectivity index (χ1) is 17.8. The third-order valence-electron chi connectivity index (χ3n) is 7.00.